The van der Waals surface area contributed by atoms with Crippen molar-refractivity contribution in [3.8, 4) is 11.8 Å². The molecule has 0 amide bonds. The van der Waals surface area contributed by atoms with Crippen LogP contribution < -0.4 is 10.2 Å². The Hall–Kier alpha value is -2.45. The summed E-state index contributed by atoms with van der Waals surface area (Å²) in [5.74, 6) is 0.0162. The van der Waals surface area contributed by atoms with Crippen LogP contribution in [-0.4, -0.2) is 35.2 Å². The standard InChI is InChI=1S/C13H11BN2O5/c1-19-12(17)9-5-15-13(16-6-9)21-10-2-3-11-8(4-10)7-20-14(11)18/h2-6,18H,7H2,1H3. The quantitative estimate of drug-likeness (QED) is 0.639. The Balaban J connectivity index is 1.76. The lowest BCUT2D eigenvalue weighted by Crippen LogP contribution is -2.27. The summed E-state index contributed by atoms with van der Waals surface area (Å²) in [6.07, 6.45) is 2.66. The number of esters is 1. The molecular formula is C13H11BN2O5. The maximum absolute atomic E-state index is 11.3. The molecule has 2 aromatic rings. The monoisotopic (exact) mass is 286 g/mol. The molecule has 0 saturated carbocycles. The zero-order valence-electron chi connectivity index (χ0n) is 11.1. The molecule has 0 aliphatic carbocycles. The fraction of sp³-hybridized carbons (Fsp3) is 0.154. The van der Waals surface area contributed by atoms with E-state index >= 15 is 0 Å². The van der Waals surface area contributed by atoms with Crippen molar-refractivity contribution in [2.45, 2.75) is 6.61 Å². The topological polar surface area (TPSA) is 90.8 Å². The lowest BCUT2D eigenvalue weighted by Gasteiger charge is -2.06. The molecule has 0 spiro atoms. The fourth-order valence-electron chi connectivity index (χ4n) is 1.97. The molecule has 8 heteroatoms. The van der Waals surface area contributed by atoms with Crippen LogP contribution in [0.25, 0.3) is 0 Å². The van der Waals surface area contributed by atoms with Crippen LogP contribution in [0, 0.1) is 0 Å². The minimum absolute atomic E-state index is 0.113. The maximum atomic E-state index is 11.3. The van der Waals surface area contributed by atoms with E-state index < -0.39 is 13.1 Å². The van der Waals surface area contributed by atoms with E-state index in [4.69, 9.17) is 9.39 Å². The summed E-state index contributed by atoms with van der Waals surface area (Å²) in [5.41, 5.74) is 1.82. The lowest BCUT2D eigenvalue weighted by molar-refractivity contribution is 0.0599. The van der Waals surface area contributed by atoms with Crippen molar-refractivity contribution in [2.75, 3.05) is 7.11 Å². The summed E-state index contributed by atoms with van der Waals surface area (Å²) in [7, 11) is 0.401. The van der Waals surface area contributed by atoms with Crippen molar-refractivity contribution in [1.29, 1.82) is 0 Å². The molecule has 2 heterocycles. The van der Waals surface area contributed by atoms with E-state index in [1.165, 1.54) is 19.5 Å². The number of benzene rings is 1. The van der Waals surface area contributed by atoms with E-state index in [9.17, 15) is 9.82 Å². The molecule has 1 aliphatic rings. The molecule has 1 N–H and O–H groups in total. The summed E-state index contributed by atoms with van der Waals surface area (Å²) >= 11 is 0. The molecule has 0 saturated heterocycles. The van der Waals surface area contributed by atoms with Crippen molar-refractivity contribution in [3.05, 3.63) is 41.7 Å². The molecule has 3 rings (SSSR count). The van der Waals surface area contributed by atoms with Gasteiger partial charge in [-0.05, 0) is 23.2 Å². The predicted octanol–water partition coefficient (Wildman–Crippen LogP) is 0.273. The van der Waals surface area contributed by atoms with Gasteiger partial charge in [-0.2, -0.15) is 0 Å². The van der Waals surface area contributed by atoms with Crippen LogP contribution >= 0.6 is 0 Å². The predicted molar refractivity (Wildman–Crippen MR) is 72.3 cm³/mol. The molecule has 0 radical (unpaired) electrons. The number of carbonyl (C=O) groups is 1. The van der Waals surface area contributed by atoms with Gasteiger partial charge in [0.2, 0.25) is 0 Å². The zero-order chi connectivity index (χ0) is 14.8. The molecule has 0 atom stereocenters. The Labute approximate surface area is 120 Å². The minimum atomic E-state index is -0.885. The second-order valence-electron chi connectivity index (χ2n) is 4.37. The van der Waals surface area contributed by atoms with Gasteiger partial charge < -0.3 is 19.2 Å². The third-order valence-electron chi connectivity index (χ3n) is 3.04. The number of carbonyl (C=O) groups excluding carboxylic acids is 1. The van der Waals surface area contributed by atoms with Crippen molar-refractivity contribution in [3.63, 3.8) is 0 Å². The highest BCUT2D eigenvalue weighted by atomic mass is 16.5. The summed E-state index contributed by atoms with van der Waals surface area (Å²) in [5, 5.41) is 9.54. The van der Waals surface area contributed by atoms with E-state index in [0.717, 1.165) is 11.0 Å². The van der Waals surface area contributed by atoms with Crippen molar-refractivity contribution in [1.82, 2.24) is 9.97 Å². The van der Waals surface area contributed by atoms with Gasteiger partial charge in [0.25, 0.3) is 0 Å². The maximum Gasteiger partial charge on any atom is 0.491 e. The molecule has 0 unspecified atom stereocenters. The SMILES string of the molecule is COC(=O)c1cnc(Oc2ccc3c(c2)COB3O)nc1. The van der Waals surface area contributed by atoms with Gasteiger partial charge in [0.05, 0.1) is 19.3 Å². The number of aromatic nitrogens is 2. The first kappa shape index (κ1) is 13.5. The third-order valence-corrected chi connectivity index (χ3v) is 3.04. The molecular weight excluding hydrogens is 275 g/mol. The highest BCUT2D eigenvalue weighted by Gasteiger charge is 2.27. The minimum Gasteiger partial charge on any atom is -0.465 e. The zero-order valence-corrected chi connectivity index (χ0v) is 11.1. The van der Waals surface area contributed by atoms with Crippen molar-refractivity contribution < 1.29 is 23.9 Å². The number of hydrogen-bond donors (Lipinski definition) is 1. The lowest BCUT2D eigenvalue weighted by atomic mass is 9.80. The van der Waals surface area contributed by atoms with Crippen LogP contribution in [0.5, 0.6) is 11.8 Å². The number of rotatable bonds is 3. The number of fused-ring (bicyclic) bond motifs is 1. The van der Waals surface area contributed by atoms with Crippen molar-refractivity contribution in [2.24, 2.45) is 0 Å². The highest BCUT2D eigenvalue weighted by molar-refractivity contribution is 6.61. The van der Waals surface area contributed by atoms with Gasteiger partial charge in [0.1, 0.15) is 5.75 Å². The average molecular weight is 286 g/mol. The molecule has 0 fully saturated rings. The normalized spacial score (nSPS) is 13.0. The summed E-state index contributed by atoms with van der Waals surface area (Å²) < 4.78 is 15.2. The Kier molecular flexibility index (Phi) is 3.55. The van der Waals surface area contributed by atoms with Gasteiger partial charge in [-0.1, -0.05) is 6.07 Å². The summed E-state index contributed by atoms with van der Waals surface area (Å²) in [6, 6.07) is 5.28. The Morgan fingerprint density at radius 2 is 2.14 bits per heavy atom. The number of methoxy groups -OCH3 is 1. The summed E-state index contributed by atoms with van der Waals surface area (Å²) in [4.78, 5) is 19.1. The van der Waals surface area contributed by atoms with Gasteiger partial charge in [0, 0.05) is 12.4 Å². The van der Waals surface area contributed by atoms with E-state index in [2.05, 4.69) is 14.7 Å². The summed E-state index contributed by atoms with van der Waals surface area (Å²) in [6.45, 7) is 0.329. The molecule has 1 aromatic carbocycles. The van der Waals surface area contributed by atoms with E-state index in [0.29, 0.717) is 12.4 Å². The fourth-order valence-corrected chi connectivity index (χ4v) is 1.97. The van der Waals surface area contributed by atoms with Gasteiger partial charge >= 0.3 is 19.1 Å². The van der Waals surface area contributed by atoms with Crippen LogP contribution in [0.2, 0.25) is 0 Å². The first-order valence-corrected chi connectivity index (χ1v) is 6.18. The van der Waals surface area contributed by atoms with Crippen LogP contribution in [0.15, 0.2) is 30.6 Å². The largest absolute Gasteiger partial charge is 0.491 e. The molecule has 0 bridgehead atoms. The number of hydrogen-bond acceptors (Lipinski definition) is 7. The second kappa shape index (κ2) is 5.51. The second-order valence-corrected chi connectivity index (χ2v) is 4.37. The van der Waals surface area contributed by atoms with Gasteiger partial charge in [-0.25, -0.2) is 14.8 Å². The molecule has 7 nitrogen and oxygen atoms in total. The van der Waals surface area contributed by atoms with Gasteiger partial charge in [0.15, 0.2) is 0 Å². The van der Waals surface area contributed by atoms with Crippen LogP contribution in [-0.2, 0) is 16.0 Å². The Morgan fingerprint density at radius 1 is 1.38 bits per heavy atom. The Bertz CT molecular complexity index is 677. The van der Waals surface area contributed by atoms with Crippen molar-refractivity contribution >= 4 is 18.6 Å². The average Bonchev–Trinajstić information content (AvgIpc) is 2.88. The first-order chi connectivity index (χ1) is 10.2. The smallest absolute Gasteiger partial charge is 0.465 e. The Morgan fingerprint density at radius 3 is 2.86 bits per heavy atom. The van der Waals surface area contributed by atoms with E-state index in [-0.39, 0.29) is 11.6 Å². The molecule has 1 aliphatic heterocycles. The molecule has 21 heavy (non-hydrogen) atoms. The molecule has 106 valence electrons. The van der Waals surface area contributed by atoms with E-state index in [1.54, 1.807) is 18.2 Å². The van der Waals surface area contributed by atoms with Crippen LogP contribution in [0.3, 0.4) is 0 Å². The van der Waals surface area contributed by atoms with Gasteiger partial charge in [-0.15, -0.1) is 0 Å². The number of nitrogens with zero attached hydrogens (tertiary/aromatic N) is 2. The number of ether oxygens (including phenoxy) is 2. The van der Waals surface area contributed by atoms with Gasteiger partial charge in [-0.3, -0.25) is 0 Å². The van der Waals surface area contributed by atoms with E-state index in [1.807, 2.05) is 0 Å². The third kappa shape index (κ3) is 2.71. The van der Waals surface area contributed by atoms with Crippen LogP contribution in [0.4, 0.5) is 0 Å². The first-order valence-electron chi connectivity index (χ1n) is 6.18. The highest BCUT2D eigenvalue weighted by Crippen LogP contribution is 2.21. The van der Waals surface area contributed by atoms with Crippen LogP contribution in [0.1, 0.15) is 15.9 Å². The molecule has 1 aromatic heterocycles.